The van der Waals surface area contributed by atoms with E-state index in [0.717, 1.165) is 0 Å². The van der Waals surface area contributed by atoms with Gasteiger partial charge in [-0.15, -0.1) is 0 Å². The minimum absolute atomic E-state index is 0.0493. The molecule has 1 unspecified atom stereocenters. The summed E-state index contributed by atoms with van der Waals surface area (Å²) in [4.78, 5) is 11.1. The van der Waals surface area contributed by atoms with E-state index in [2.05, 4.69) is 4.74 Å². The zero-order chi connectivity index (χ0) is 15.3. The molecule has 0 heterocycles. The second-order valence-electron chi connectivity index (χ2n) is 4.48. The highest BCUT2D eigenvalue weighted by Crippen LogP contribution is 2.33. The Labute approximate surface area is 116 Å². The molecule has 1 N–H and O–H groups in total. The van der Waals surface area contributed by atoms with Crippen LogP contribution in [0.25, 0.3) is 0 Å². The summed E-state index contributed by atoms with van der Waals surface area (Å²) in [6, 6.07) is 5.49. The Morgan fingerprint density at radius 3 is 2.30 bits per heavy atom. The van der Waals surface area contributed by atoms with Crippen molar-refractivity contribution >= 4 is 5.97 Å². The predicted octanol–water partition coefficient (Wildman–Crippen LogP) is 2.71. The molecule has 1 atom stereocenters. The van der Waals surface area contributed by atoms with Gasteiger partial charge < -0.3 is 14.6 Å². The molecule has 0 amide bonds. The van der Waals surface area contributed by atoms with E-state index in [9.17, 15) is 18.7 Å². The van der Waals surface area contributed by atoms with Gasteiger partial charge in [-0.1, -0.05) is 12.1 Å². The van der Waals surface area contributed by atoms with Crippen LogP contribution in [0.1, 0.15) is 32.4 Å². The predicted molar refractivity (Wildman–Crippen MR) is 68.7 cm³/mol. The van der Waals surface area contributed by atoms with E-state index >= 15 is 0 Å². The number of hydrogen-bond acceptors (Lipinski definition) is 4. The Balaban J connectivity index is 2.86. The van der Waals surface area contributed by atoms with E-state index in [4.69, 9.17) is 4.74 Å². The average molecular weight is 288 g/mol. The van der Waals surface area contributed by atoms with Gasteiger partial charge in [-0.25, -0.2) is 4.79 Å². The molecular weight excluding hydrogens is 270 g/mol. The number of halogens is 2. The van der Waals surface area contributed by atoms with E-state index in [0.29, 0.717) is 5.75 Å². The number of carbonyl (C=O) groups excluding carboxylic acids is 1. The summed E-state index contributed by atoms with van der Waals surface area (Å²) in [5, 5.41) is 9.63. The SMILES string of the molecule is CCOC(=O)C(F)(F)C(O)c1ccc(OC(C)C)cc1. The quantitative estimate of drug-likeness (QED) is 0.818. The monoisotopic (exact) mass is 288 g/mol. The Morgan fingerprint density at radius 1 is 1.30 bits per heavy atom. The third-order valence-corrected chi connectivity index (χ3v) is 2.46. The molecule has 0 aromatic heterocycles. The molecule has 0 bridgehead atoms. The zero-order valence-corrected chi connectivity index (χ0v) is 11.6. The Bertz CT molecular complexity index is 443. The van der Waals surface area contributed by atoms with Crippen molar-refractivity contribution in [2.75, 3.05) is 6.61 Å². The van der Waals surface area contributed by atoms with Gasteiger partial charge in [0.1, 0.15) is 5.75 Å². The number of aliphatic hydroxyl groups excluding tert-OH is 1. The van der Waals surface area contributed by atoms with Gasteiger partial charge >= 0.3 is 11.9 Å². The van der Waals surface area contributed by atoms with E-state index < -0.39 is 18.0 Å². The summed E-state index contributed by atoms with van der Waals surface area (Å²) in [5.74, 6) is -5.23. The van der Waals surface area contributed by atoms with Crippen LogP contribution in [0.15, 0.2) is 24.3 Å². The lowest BCUT2D eigenvalue weighted by atomic mass is 10.0. The average Bonchev–Trinajstić information content (AvgIpc) is 2.38. The van der Waals surface area contributed by atoms with Crippen molar-refractivity contribution in [1.82, 2.24) is 0 Å². The highest BCUT2D eigenvalue weighted by Gasteiger charge is 2.48. The summed E-state index contributed by atoms with van der Waals surface area (Å²) >= 11 is 0. The fraction of sp³-hybridized carbons (Fsp3) is 0.500. The van der Waals surface area contributed by atoms with Gasteiger partial charge in [0, 0.05) is 0 Å². The zero-order valence-electron chi connectivity index (χ0n) is 11.6. The van der Waals surface area contributed by atoms with E-state index in [-0.39, 0.29) is 18.3 Å². The van der Waals surface area contributed by atoms with Crippen molar-refractivity contribution < 1.29 is 28.2 Å². The first-order valence-electron chi connectivity index (χ1n) is 6.28. The van der Waals surface area contributed by atoms with E-state index in [1.165, 1.54) is 31.2 Å². The number of aliphatic hydroxyl groups is 1. The standard InChI is InChI=1S/C14H18F2O4/c1-4-19-13(18)14(15,16)12(17)10-5-7-11(8-6-10)20-9(2)3/h5-9,12,17H,4H2,1-3H3. The molecule has 4 nitrogen and oxygen atoms in total. The Hall–Kier alpha value is -1.69. The first-order valence-corrected chi connectivity index (χ1v) is 6.28. The maximum atomic E-state index is 13.6. The van der Waals surface area contributed by atoms with Crippen LogP contribution in [0.2, 0.25) is 0 Å². The van der Waals surface area contributed by atoms with Gasteiger partial charge in [-0.2, -0.15) is 8.78 Å². The molecule has 0 fully saturated rings. The molecule has 0 spiro atoms. The summed E-state index contributed by atoms with van der Waals surface area (Å²) in [6.45, 7) is 4.90. The van der Waals surface area contributed by atoms with Gasteiger partial charge in [-0.05, 0) is 38.5 Å². The van der Waals surface area contributed by atoms with Crippen molar-refractivity contribution in [1.29, 1.82) is 0 Å². The van der Waals surface area contributed by atoms with Crippen molar-refractivity contribution in [3.05, 3.63) is 29.8 Å². The van der Waals surface area contributed by atoms with Crippen LogP contribution in [0.4, 0.5) is 8.78 Å². The van der Waals surface area contributed by atoms with E-state index in [1.54, 1.807) is 0 Å². The van der Waals surface area contributed by atoms with Crippen molar-refractivity contribution in [2.45, 2.75) is 38.9 Å². The molecule has 0 saturated carbocycles. The third-order valence-electron chi connectivity index (χ3n) is 2.46. The van der Waals surface area contributed by atoms with Gasteiger partial charge in [0.15, 0.2) is 6.10 Å². The van der Waals surface area contributed by atoms with Crippen LogP contribution in [0.3, 0.4) is 0 Å². The molecule has 1 rings (SSSR count). The number of hydrogen-bond donors (Lipinski definition) is 1. The Kier molecular flexibility index (Phi) is 5.44. The highest BCUT2D eigenvalue weighted by molar-refractivity contribution is 5.78. The van der Waals surface area contributed by atoms with Crippen LogP contribution < -0.4 is 4.74 Å². The summed E-state index contributed by atoms with van der Waals surface area (Å²) < 4.78 is 36.9. The first kappa shape index (κ1) is 16.4. The molecule has 20 heavy (non-hydrogen) atoms. The molecule has 0 aliphatic carbocycles. The van der Waals surface area contributed by atoms with Gasteiger partial charge in [0.25, 0.3) is 0 Å². The van der Waals surface area contributed by atoms with Crippen LogP contribution in [-0.4, -0.2) is 29.7 Å². The fourth-order valence-electron chi connectivity index (χ4n) is 1.55. The lowest BCUT2D eigenvalue weighted by molar-refractivity contribution is -0.189. The van der Waals surface area contributed by atoms with Crippen molar-refractivity contribution in [3.8, 4) is 5.75 Å². The normalized spacial score (nSPS) is 13.2. The number of carbonyl (C=O) groups is 1. The van der Waals surface area contributed by atoms with E-state index in [1.807, 2.05) is 13.8 Å². The molecular formula is C14H18F2O4. The van der Waals surface area contributed by atoms with Crippen molar-refractivity contribution in [2.24, 2.45) is 0 Å². The van der Waals surface area contributed by atoms with Gasteiger partial charge in [0.2, 0.25) is 0 Å². The topological polar surface area (TPSA) is 55.8 Å². The van der Waals surface area contributed by atoms with Crippen LogP contribution in [0.5, 0.6) is 5.75 Å². The number of rotatable bonds is 6. The van der Waals surface area contributed by atoms with Crippen molar-refractivity contribution in [3.63, 3.8) is 0 Å². The molecule has 0 saturated heterocycles. The second-order valence-corrected chi connectivity index (χ2v) is 4.48. The summed E-state index contributed by atoms with van der Waals surface area (Å²) in [5.41, 5.74) is -0.0841. The molecule has 0 radical (unpaired) electrons. The first-order chi connectivity index (χ1) is 9.28. The van der Waals surface area contributed by atoms with Crippen LogP contribution in [0, 0.1) is 0 Å². The molecule has 0 aliphatic heterocycles. The summed E-state index contributed by atoms with van der Waals surface area (Å²) in [6.07, 6.45) is -2.30. The minimum Gasteiger partial charge on any atom is -0.491 e. The molecule has 1 aromatic rings. The second kappa shape index (κ2) is 6.65. The van der Waals surface area contributed by atoms with Gasteiger partial charge in [-0.3, -0.25) is 0 Å². The number of ether oxygens (including phenoxy) is 2. The maximum absolute atomic E-state index is 13.6. The number of benzene rings is 1. The van der Waals surface area contributed by atoms with Crippen LogP contribution in [-0.2, 0) is 9.53 Å². The summed E-state index contributed by atoms with van der Waals surface area (Å²) in [7, 11) is 0. The molecule has 0 aliphatic rings. The number of alkyl halides is 2. The third kappa shape index (κ3) is 3.90. The lowest BCUT2D eigenvalue weighted by Crippen LogP contribution is -2.37. The van der Waals surface area contributed by atoms with Gasteiger partial charge in [0.05, 0.1) is 12.7 Å². The smallest absolute Gasteiger partial charge is 0.380 e. The molecule has 1 aromatic carbocycles. The Morgan fingerprint density at radius 2 is 1.85 bits per heavy atom. The highest BCUT2D eigenvalue weighted by atomic mass is 19.3. The minimum atomic E-state index is -3.99. The molecule has 112 valence electrons. The lowest BCUT2D eigenvalue weighted by Gasteiger charge is -2.21. The maximum Gasteiger partial charge on any atom is 0.380 e. The van der Waals surface area contributed by atoms with Crippen LogP contribution >= 0.6 is 0 Å². The largest absolute Gasteiger partial charge is 0.491 e. The number of esters is 1. The molecule has 6 heteroatoms. The fourth-order valence-corrected chi connectivity index (χ4v) is 1.55.